The van der Waals surface area contributed by atoms with Crippen LogP contribution >= 0.6 is 0 Å². The zero-order valence-electron chi connectivity index (χ0n) is 16.3. The maximum Gasteiger partial charge on any atom is 0.416 e. The molecule has 2 aromatic rings. The van der Waals surface area contributed by atoms with Crippen LogP contribution in [0, 0.1) is 0 Å². The predicted octanol–water partition coefficient (Wildman–Crippen LogP) is 3.19. The van der Waals surface area contributed by atoms with Crippen molar-refractivity contribution in [3.8, 4) is 0 Å². The number of nitrogens with zero attached hydrogens (tertiary/aromatic N) is 2. The molecule has 30 heavy (non-hydrogen) atoms. The molecular formula is C22H22F3N3O2. The maximum absolute atomic E-state index is 12.7. The predicted molar refractivity (Wildman–Crippen MR) is 105 cm³/mol. The lowest BCUT2D eigenvalue weighted by Gasteiger charge is -2.27. The van der Waals surface area contributed by atoms with Gasteiger partial charge in [-0.1, -0.05) is 18.2 Å². The minimum atomic E-state index is -4.39. The van der Waals surface area contributed by atoms with Gasteiger partial charge in [-0.05, 0) is 29.3 Å². The molecule has 1 aliphatic carbocycles. The molecule has 1 saturated heterocycles. The molecule has 0 atom stereocenters. The molecule has 2 heterocycles. The largest absolute Gasteiger partial charge is 0.416 e. The maximum atomic E-state index is 12.7. The topological polar surface area (TPSA) is 54.5 Å². The number of amides is 1. The number of hydrogen-bond donors (Lipinski definition) is 1. The van der Waals surface area contributed by atoms with E-state index in [9.17, 15) is 18.0 Å². The fourth-order valence-electron chi connectivity index (χ4n) is 3.77. The molecule has 1 aliphatic heterocycles. The molecule has 1 amide bonds. The van der Waals surface area contributed by atoms with Crippen molar-refractivity contribution >= 4 is 11.6 Å². The fraction of sp³-hybridized carbons (Fsp3) is 0.364. The second-order valence-electron chi connectivity index (χ2n) is 7.42. The number of carbonyl (C=O) groups is 1. The molecule has 0 saturated carbocycles. The third-order valence-electron chi connectivity index (χ3n) is 5.30. The Bertz CT molecular complexity index is 949. The van der Waals surface area contributed by atoms with E-state index in [0.717, 1.165) is 54.3 Å². The van der Waals surface area contributed by atoms with Crippen molar-refractivity contribution in [2.75, 3.05) is 26.3 Å². The van der Waals surface area contributed by atoms with Crippen LogP contribution in [0.4, 0.5) is 13.2 Å². The molecule has 1 aromatic carbocycles. The molecule has 0 spiro atoms. The lowest BCUT2D eigenvalue weighted by Crippen LogP contribution is -2.36. The summed E-state index contributed by atoms with van der Waals surface area (Å²) in [4.78, 5) is 19.3. The van der Waals surface area contributed by atoms with Gasteiger partial charge in [0.05, 0.1) is 30.9 Å². The lowest BCUT2D eigenvalue weighted by molar-refractivity contribution is -0.137. The van der Waals surface area contributed by atoms with Crippen molar-refractivity contribution in [3.63, 3.8) is 0 Å². The van der Waals surface area contributed by atoms with Crippen LogP contribution in [0.3, 0.4) is 0 Å². The van der Waals surface area contributed by atoms with Crippen molar-refractivity contribution in [1.82, 2.24) is 15.2 Å². The number of aromatic nitrogens is 1. The number of carbonyl (C=O) groups excluding carboxylic acids is 1. The van der Waals surface area contributed by atoms with E-state index in [-0.39, 0.29) is 12.3 Å². The smallest absolute Gasteiger partial charge is 0.379 e. The molecule has 1 fully saturated rings. The van der Waals surface area contributed by atoms with Crippen molar-refractivity contribution < 1.29 is 22.7 Å². The molecule has 4 rings (SSSR count). The summed E-state index contributed by atoms with van der Waals surface area (Å²) in [5.74, 6) is -0.268. The minimum Gasteiger partial charge on any atom is -0.379 e. The van der Waals surface area contributed by atoms with E-state index >= 15 is 0 Å². The van der Waals surface area contributed by atoms with Gasteiger partial charge in [-0.2, -0.15) is 13.2 Å². The molecule has 0 radical (unpaired) electrons. The Morgan fingerprint density at radius 3 is 2.57 bits per heavy atom. The van der Waals surface area contributed by atoms with Crippen LogP contribution in [0.15, 0.2) is 42.6 Å². The number of nitrogens with one attached hydrogen (secondary N) is 1. The average molecular weight is 417 g/mol. The Kier molecular flexibility index (Phi) is 5.87. The molecule has 8 heteroatoms. The highest BCUT2D eigenvalue weighted by Crippen LogP contribution is 2.30. The van der Waals surface area contributed by atoms with Gasteiger partial charge in [-0.25, -0.2) is 0 Å². The summed E-state index contributed by atoms with van der Waals surface area (Å²) in [6.45, 7) is 3.88. The highest BCUT2D eigenvalue weighted by Gasteiger charge is 2.30. The number of halogens is 3. The Labute approximate surface area is 172 Å². The normalized spacial score (nSPS) is 16.8. The summed E-state index contributed by atoms with van der Waals surface area (Å²) in [7, 11) is 0. The zero-order valence-corrected chi connectivity index (χ0v) is 16.3. The second-order valence-corrected chi connectivity index (χ2v) is 7.42. The third-order valence-corrected chi connectivity index (χ3v) is 5.30. The number of hydrogen-bond acceptors (Lipinski definition) is 4. The van der Waals surface area contributed by atoms with Gasteiger partial charge in [0.2, 0.25) is 5.91 Å². The van der Waals surface area contributed by atoms with Crippen LogP contribution in [0.2, 0.25) is 0 Å². The van der Waals surface area contributed by atoms with E-state index in [1.807, 2.05) is 12.1 Å². The Hall–Kier alpha value is -2.71. The number of allylic oxidation sites excluding steroid dienone is 1. The summed E-state index contributed by atoms with van der Waals surface area (Å²) < 4.78 is 43.5. The SMILES string of the molecule is O=C(Cc1ccc(C(F)(F)F)cc1)NC1=CCc2nccc(CN3CCOCC3)c21. The molecule has 2 aliphatic rings. The first-order chi connectivity index (χ1) is 14.4. The van der Waals surface area contributed by atoms with E-state index in [1.165, 1.54) is 12.1 Å². The first kappa shape index (κ1) is 20.6. The summed E-state index contributed by atoms with van der Waals surface area (Å²) in [6.07, 6.45) is -0.0182. The average Bonchev–Trinajstić information content (AvgIpc) is 3.12. The molecule has 0 unspecified atom stereocenters. The highest BCUT2D eigenvalue weighted by atomic mass is 19.4. The Morgan fingerprint density at radius 2 is 1.87 bits per heavy atom. The minimum absolute atomic E-state index is 0.00384. The lowest BCUT2D eigenvalue weighted by atomic mass is 10.1. The van der Waals surface area contributed by atoms with Crippen LogP contribution in [0.5, 0.6) is 0 Å². The van der Waals surface area contributed by atoms with E-state index in [0.29, 0.717) is 25.2 Å². The first-order valence-corrected chi connectivity index (χ1v) is 9.83. The van der Waals surface area contributed by atoms with Crippen molar-refractivity contribution in [2.24, 2.45) is 0 Å². The number of ether oxygens (including phenoxy) is 1. The van der Waals surface area contributed by atoms with Gasteiger partial charge in [0.15, 0.2) is 0 Å². The van der Waals surface area contributed by atoms with Gasteiger partial charge in [-0.15, -0.1) is 0 Å². The van der Waals surface area contributed by atoms with E-state index in [4.69, 9.17) is 4.74 Å². The Morgan fingerprint density at radius 1 is 1.13 bits per heavy atom. The molecule has 0 bridgehead atoms. The van der Waals surface area contributed by atoms with Gasteiger partial charge in [0.1, 0.15) is 0 Å². The van der Waals surface area contributed by atoms with E-state index in [2.05, 4.69) is 15.2 Å². The molecule has 5 nitrogen and oxygen atoms in total. The van der Waals surface area contributed by atoms with E-state index in [1.54, 1.807) is 6.20 Å². The van der Waals surface area contributed by atoms with Crippen LogP contribution in [-0.2, 0) is 35.1 Å². The summed E-state index contributed by atoms with van der Waals surface area (Å²) in [5.41, 5.74) is 3.49. The number of morpholine rings is 1. The van der Waals surface area contributed by atoms with Crippen molar-refractivity contribution in [2.45, 2.75) is 25.6 Å². The van der Waals surface area contributed by atoms with Crippen LogP contribution in [0.1, 0.15) is 27.9 Å². The number of pyridine rings is 1. The molecule has 158 valence electrons. The quantitative estimate of drug-likeness (QED) is 0.812. The summed E-state index contributed by atoms with van der Waals surface area (Å²) in [6, 6.07) is 6.64. The summed E-state index contributed by atoms with van der Waals surface area (Å²) in [5, 5.41) is 2.92. The first-order valence-electron chi connectivity index (χ1n) is 9.83. The van der Waals surface area contributed by atoms with Gasteiger partial charge in [-0.3, -0.25) is 14.7 Å². The van der Waals surface area contributed by atoms with Crippen LogP contribution in [0.25, 0.3) is 5.70 Å². The molecule has 1 aromatic heterocycles. The second kappa shape index (κ2) is 8.57. The van der Waals surface area contributed by atoms with Crippen molar-refractivity contribution in [1.29, 1.82) is 0 Å². The number of alkyl halides is 3. The number of fused-ring (bicyclic) bond motifs is 1. The van der Waals surface area contributed by atoms with Gasteiger partial charge in [0, 0.05) is 43.5 Å². The standard InChI is InChI=1S/C22H22F3N3O2/c23-22(24,25)17-3-1-15(2-4-17)13-20(29)27-19-6-5-18-21(19)16(7-8-26-18)14-28-9-11-30-12-10-28/h1-4,6-8H,5,9-14H2,(H,27,29). The zero-order chi connectivity index (χ0) is 21.1. The summed E-state index contributed by atoms with van der Waals surface area (Å²) >= 11 is 0. The van der Waals surface area contributed by atoms with Gasteiger partial charge < -0.3 is 10.1 Å². The number of rotatable bonds is 5. The fourth-order valence-corrected chi connectivity index (χ4v) is 3.77. The van der Waals surface area contributed by atoms with Crippen molar-refractivity contribution in [3.05, 3.63) is 70.6 Å². The molecule has 1 N–H and O–H groups in total. The number of benzene rings is 1. The van der Waals surface area contributed by atoms with Gasteiger partial charge in [0.25, 0.3) is 0 Å². The Balaban J connectivity index is 1.43. The van der Waals surface area contributed by atoms with Gasteiger partial charge >= 0.3 is 6.18 Å². The highest BCUT2D eigenvalue weighted by molar-refractivity contribution is 5.90. The monoisotopic (exact) mass is 417 g/mol. The van der Waals surface area contributed by atoms with Crippen LogP contribution in [-0.4, -0.2) is 42.1 Å². The van der Waals surface area contributed by atoms with E-state index < -0.39 is 11.7 Å². The third kappa shape index (κ3) is 4.71. The molecular weight excluding hydrogens is 395 g/mol. The van der Waals surface area contributed by atoms with Crippen LogP contribution < -0.4 is 5.32 Å².